The number of nitrogens with two attached hydrogens (primary N) is 1. The van der Waals surface area contributed by atoms with Gasteiger partial charge in [0.25, 0.3) is 0 Å². The highest BCUT2D eigenvalue weighted by Crippen LogP contribution is 2.33. The maximum atomic E-state index is 6.16. The Balaban J connectivity index is 2.26. The molecule has 1 aliphatic carbocycles. The van der Waals surface area contributed by atoms with Crippen LogP contribution in [0.3, 0.4) is 0 Å². The minimum Gasteiger partial charge on any atom is -0.384 e. The summed E-state index contributed by atoms with van der Waals surface area (Å²) in [6.45, 7) is 3.13. The Morgan fingerprint density at radius 3 is 2.87 bits per heavy atom. The first kappa shape index (κ1) is 13.3. The molecule has 2 nitrogen and oxygen atoms in total. The zero-order valence-corrected chi connectivity index (χ0v) is 10.9. The van der Waals surface area contributed by atoms with Crippen LogP contribution < -0.4 is 5.73 Å². The van der Waals surface area contributed by atoms with Crippen molar-refractivity contribution in [1.29, 1.82) is 0 Å². The lowest BCUT2D eigenvalue weighted by atomic mass is 9.83. The maximum Gasteiger partial charge on any atom is 0.0553 e. The van der Waals surface area contributed by atoms with Gasteiger partial charge in [-0.2, -0.15) is 11.8 Å². The normalized spacial score (nSPS) is 31.8. The molecule has 15 heavy (non-hydrogen) atoms. The highest BCUT2D eigenvalue weighted by Gasteiger charge is 2.27. The number of rotatable bonds is 6. The van der Waals surface area contributed by atoms with Crippen molar-refractivity contribution in [3.05, 3.63) is 0 Å². The molecule has 0 saturated heterocycles. The molecule has 0 bridgehead atoms. The molecule has 0 aromatic carbocycles. The lowest BCUT2D eigenvalue weighted by Crippen LogP contribution is -2.38. The van der Waals surface area contributed by atoms with Crippen LogP contribution in [0.15, 0.2) is 0 Å². The lowest BCUT2D eigenvalue weighted by Gasteiger charge is -2.33. The third-order valence-corrected chi connectivity index (χ3v) is 4.64. The smallest absolute Gasteiger partial charge is 0.0553 e. The van der Waals surface area contributed by atoms with E-state index in [-0.39, 0.29) is 0 Å². The van der Waals surface area contributed by atoms with Gasteiger partial charge in [0, 0.05) is 24.2 Å². The van der Waals surface area contributed by atoms with Crippen molar-refractivity contribution in [2.75, 3.05) is 19.5 Å². The molecule has 0 spiro atoms. The second-order valence-corrected chi connectivity index (χ2v) is 5.88. The first-order chi connectivity index (χ1) is 7.27. The van der Waals surface area contributed by atoms with Crippen LogP contribution in [0, 0.1) is 5.92 Å². The third-order valence-electron chi connectivity index (χ3n) is 3.27. The lowest BCUT2D eigenvalue weighted by molar-refractivity contribution is 0.218. The summed E-state index contributed by atoms with van der Waals surface area (Å²) in [5.41, 5.74) is 6.16. The third kappa shape index (κ3) is 4.75. The summed E-state index contributed by atoms with van der Waals surface area (Å²) in [5, 5.41) is 0.672. The summed E-state index contributed by atoms with van der Waals surface area (Å²) in [6.07, 6.45) is 6.58. The fourth-order valence-electron chi connectivity index (χ4n) is 2.38. The van der Waals surface area contributed by atoms with Crippen LogP contribution in [0.25, 0.3) is 0 Å². The fraction of sp³-hybridized carbons (Fsp3) is 1.00. The van der Waals surface area contributed by atoms with E-state index in [1.807, 2.05) is 11.8 Å². The Kier molecular flexibility index (Phi) is 6.69. The van der Waals surface area contributed by atoms with E-state index < -0.39 is 0 Å². The van der Waals surface area contributed by atoms with Crippen LogP contribution in [0.5, 0.6) is 0 Å². The summed E-state index contributed by atoms with van der Waals surface area (Å²) >= 11 is 2.01. The molecule has 3 atom stereocenters. The van der Waals surface area contributed by atoms with E-state index in [2.05, 4.69) is 6.92 Å². The first-order valence-electron chi connectivity index (χ1n) is 6.14. The van der Waals surface area contributed by atoms with Crippen LogP contribution >= 0.6 is 11.8 Å². The van der Waals surface area contributed by atoms with E-state index in [4.69, 9.17) is 10.5 Å². The highest BCUT2D eigenvalue weighted by atomic mass is 32.2. The Morgan fingerprint density at radius 1 is 1.40 bits per heavy atom. The van der Waals surface area contributed by atoms with Gasteiger partial charge in [0.15, 0.2) is 0 Å². The van der Waals surface area contributed by atoms with Crippen molar-refractivity contribution in [1.82, 2.24) is 0 Å². The number of ether oxygens (including phenoxy) is 1. The maximum absolute atomic E-state index is 6.16. The van der Waals surface area contributed by atoms with E-state index in [1.54, 1.807) is 7.11 Å². The van der Waals surface area contributed by atoms with Crippen molar-refractivity contribution in [2.45, 2.75) is 50.3 Å². The first-order valence-corrected chi connectivity index (χ1v) is 7.19. The average molecular weight is 231 g/mol. The molecule has 0 heterocycles. The van der Waals surface area contributed by atoms with Crippen LogP contribution in [0.4, 0.5) is 0 Å². The van der Waals surface area contributed by atoms with Gasteiger partial charge < -0.3 is 10.5 Å². The molecule has 0 aromatic heterocycles. The van der Waals surface area contributed by atoms with Crippen molar-refractivity contribution < 1.29 is 4.74 Å². The van der Waals surface area contributed by atoms with E-state index >= 15 is 0 Å². The predicted octanol–water partition coefficient (Wildman–Crippen LogP) is 2.66. The molecule has 3 unspecified atom stereocenters. The number of methoxy groups -OCH3 is 1. The minimum atomic E-state index is 0.417. The van der Waals surface area contributed by atoms with Gasteiger partial charge in [0.1, 0.15) is 0 Å². The second-order valence-electron chi connectivity index (χ2n) is 4.53. The van der Waals surface area contributed by atoms with Crippen molar-refractivity contribution in [2.24, 2.45) is 11.7 Å². The molecule has 0 aliphatic heterocycles. The molecule has 0 aromatic rings. The van der Waals surface area contributed by atoms with Gasteiger partial charge in [-0.3, -0.25) is 0 Å². The van der Waals surface area contributed by atoms with Crippen LogP contribution in [-0.2, 0) is 4.74 Å². The van der Waals surface area contributed by atoms with Crippen molar-refractivity contribution >= 4 is 11.8 Å². The average Bonchev–Trinajstić information content (AvgIpc) is 2.23. The van der Waals surface area contributed by atoms with Crippen LogP contribution in [0.1, 0.15) is 39.0 Å². The van der Waals surface area contributed by atoms with Gasteiger partial charge >= 0.3 is 0 Å². The quantitative estimate of drug-likeness (QED) is 0.714. The monoisotopic (exact) mass is 231 g/mol. The van der Waals surface area contributed by atoms with Gasteiger partial charge in [-0.1, -0.05) is 19.8 Å². The van der Waals surface area contributed by atoms with E-state index in [0.29, 0.717) is 11.3 Å². The van der Waals surface area contributed by atoms with Crippen LogP contribution in [0.2, 0.25) is 0 Å². The molecular weight excluding hydrogens is 206 g/mol. The molecule has 2 N–H and O–H groups in total. The molecule has 0 radical (unpaired) electrons. The number of thioether (sulfide) groups is 1. The number of hydrogen-bond donors (Lipinski definition) is 1. The van der Waals surface area contributed by atoms with Crippen LogP contribution in [-0.4, -0.2) is 30.8 Å². The van der Waals surface area contributed by atoms with Gasteiger partial charge in [-0.25, -0.2) is 0 Å². The van der Waals surface area contributed by atoms with E-state index in [9.17, 15) is 0 Å². The number of hydrogen-bond acceptors (Lipinski definition) is 3. The highest BCUT2D eigenvalue weighted by molar-refractivity contribution is 7.99. The molecule has 90 valence electrons. The fourth-order valence-corrected chi connectivity index (χ4v) is 3.74. The molecule has 1 fully saturated rings. The van der Waals surface area contributed by atoms with Crippen molar-refractivity contribution in [3.63, 3.8) is 0 Å². The zero-order chi connectivity index (χ0) is 11.1. The SMILES string of the molecule is CCCC1CCC(N)C(SCCOC)C1. The topological polar surface area (TPSA) is 35.2 Å². The summed E-state index contributed by atoms with van der Waals surface area (Å²) < 4.78 is 5.08. The van der Waals surface area contributed by atoms with Crippen molar-refractivity contribution in [3.8, 4) is 0 Å². The van der Waals surface area contributed by atoms with E-state index in [0.717, 1.165) is 18.3 Å². The Morgan fingerprint density at radius 2 is 2.20 bits per heavy atom. The Labute approximate surface area is 98.3 Å². The molecule has 1 rings (SSSR count). The molecule has 0 amide bonds. The molecular formula is C12H25NOS. The van der Waals surface area contributed by atoms with Gasteiger partial charge in [0.2, 0.25) is 0 Å². The van der Waals surface area contributed by atoms with Gasteiger partial charge in [0.05, 0.1) is 6.61 Å². The molecule has 1 aliphatic rings. The van der Waals surface area contributed by atoms with Gasteiger partial charge in [-0.05, 0) is 25.2 Å². The largest absolute Gasteiger partial charge is 0.384 e. The molecule has 1 saturated carbocycles. The summed E-state index contributed by atoms with van der Waals surface area (Å²) in [4.78, 5) is 0. The minimum absolute atomic E-state index is 0.417. The summed E-state index contributed by atoms with van der Waals surface area (Å²) in [7, 11) is 1.77. The summed E-state index contributed by atoms with van der Waals surface area (Å²) in [5.74, 6) is 2.02. The summed E-state index contributed by atoms with van der Waals surface area (Å²) in [6, 6.07) is 0.417. The standard InChI is InChI=1S/C12H25NOS/c1-3-4-10-5-6-11(13)12(9-10)15-8-7-14-2/h10-12H,3-9,13H2,1-2H3. The molecule has 3 heteroatoms. The zero-order valence-electron chi connectivity index (χ0n) is 10.1. The Hall–Kier alpha value is 0.270. The van der Waals surface area contributed by atoms with E-state index in [1.165, 1.54) is 32.1 Å². The predicted molar refractivity (Wildman–Crippen MR) is 68.3 cm³/mol. The van der Waals surface area contributed by atoms with Gasteiger partial charge in [-0.15, -0.1) is 0 Å². The Bertz CT molecular complexity index is 166. The second kappa shape index (κ2) is 7.53.